The Balaban J connectivity index is 1.82. The quantitative estimate of drug-likeness (QED) is 0.881. The number of hydrogen-bond acceptors (Lipinski definition) is 2. The SMILES string of the molecule is CCCN1CCC(N[C@H](C)c2cccc(Cl)c2)CC1. The fourth-order valence-electron chi connectivity index (χ4n) is 2.87. The highest BCUT2D eigenvalue weighted by Gasteiger charge is 2.20. The van der Waals surface area contributed by atoms with Gasteiger partial charge >= 0.3 is 0 Å². The van der Waals surface area contributed by atoms with Crippen LogP contribution < -0.4 is 5.32 Å². The highest BCUT2D eigenvalue weighted by atomic mass is 35.5. The number of rotatable bonds is 5. The number of likely N-dealkylation sites (tertiary alicyclic amines) is 1. The van der Waals surface area contributed by atoms with E-state index in [9.17, 15) is 0 Å². The zero-order valence-corrected chi connectivity index (χ0v) is 12.8. The molecule has 1 N–H and O–H groups in total. The number of benzene rings is 1. The van der Waals surface area contributed by atoms with E-state index in [0.29, 0.717) is 12.1 Å². The Bertz CT molecular complexity index is 386. The van der Waals surface area contributed by atoms with Crippen LogP contribution in [0.5, 0.6) is 0 Å². The summed E-state index contributed by atoms with van der Waals surface area (Å²) in [4.78, 5) is 2.57. The van der Waals surface area contributed by atoms with Crippen LogP contribution in [0, 0.1) is 0 Å². The normalized spacial score (nSPS) is 19.5. The minimum absolute atomic E-state index is 0.376. The molecule has 1 aliphatic rings. The molecule has 1 saturated heterocycles. The average Bonchev–Trinajstić information content (AvgIpc) is 2.41. The number of piperidine rings is 1. The van der Waals surface area contributed by atoms with E-state index < -0.39 is 0 Å². The van der Waals surface area contributed by atoms with E-state index in [0.717, 1.165) is 5.02 Å². The van der Waals surface area contributed by atoms with Crippen LogP contribution in [0.2, 0.25) is 5.02 Å². The molecule has 1 aliphatic heterocycles. The van der Waals surface area contributed by atoms with Gasteiger partial charge in [0.05, 0.1) is 0 Å². The van der Waals surface area contributed by atoms with Gasteiger partial charge in [-0.25, -0.2) is 0 Å². The Morgan fingerprint density at radius 1 is 1.37 bits per heavy atom. The topological polar surface area (TPSA) is 15.3 Å². The predicted octanol–water partition coefficient (Wildman–Crippen LogP) is 3.87. The van der Waals surface area contributed by atoms with Crippen molar-refractivity contribution in [1.29, 1.82) is 0 Å². The molecule has 1 fully saturated rings. The van der Waals surface area contributed by atoms with Crippen LogP contribution in [-0.2, 0) is 0 Å². The minimum atomic E-state index is 0.376. The van der Waals surface area contributed by atoms with Gasteiger partial charge in [-0.05, 0) is 63.5 Å². The maximum Gasteiger partial charge on any atom is 0.0409 e. The molecule has 1 aromatic rings. The highest BCUT2D eigenvalue weighted by Crippen LogP contribution is 2.20. The largest absolute Gasteiger partial charge is 0.307 e. The highest BCUT2D eigenvalue weighted by molar-refractivity contribution is 6.30. The molecule has 1 atom stereocenters. The van der Waals surface area contributed by atoms with Crippen LogP contribution in [0.4, 0.5) is 0 Å². The van der Waals surface area contributed by atoms with E-state index >= 15 is 0 Å². The Labute approximate surface area is 122 Å². The van der Waals surface area contributed by atoms with Crippen molar-refractivity contribution in [3.63, 3.8) is 0 Å². The Kier molecular flexibility index (Phi) is 5.68. The monoisotopic (exact) mass is 280 g/mol. The molecular weight excluding hydrogens is 256 g/mol. The van der Waals surface area contributed by atoms with Crippen LogP contribution in [0.1, 0.15) is 44.7 Å². The van der Waals surface area contributed by atoms with Gasteiger partial charge in [0.25, 0.3) is 0 Å². The molecule has 3 heteroatoms. The lowest BCUT2D eigenvalue weighted by atomic mass is 10.0. The third-order valence-electron chi connectivity index (χ3n) is 3.96. The number of nitrogens with zero attached hydrogens (tertiary/aromatic N) is 1. The fourth-order valence-corrected chi connectivity index (χ4v) is 3.06. The molecule has 2 rings (SSSR count). The third-order valence-corrected chi connectivity index (χ3v) is 4.20. The predicted molar refractivity (Wildman–Crippen MR) is 82.8 cm³/mol. The summed E-state index contributed by atoms with van der Waals surface area (Å²) in [6, 6.07) is 9.19. The van der Waals surface area contributed by atoms with Gasteiger partial charge in [0.1, 0.15) is 0 Å². The van der Waals surface area contributed by atoms with Gasteiger partial charge in [0, 0.05) is 17.1 Å². The van der Waals surface area contributed by atoms with Gasteiger partial charge in [-0.15, -0.1) is 0 Å². The molecule has 0 bridgehead atoms. The summed E-state index contributed by atoms with van der Waals surface area (Å²) in [5, 5.41) is 4.56. The van der Waals surface area contributed by atoms with Crippen molar-refractivity contribution in [3.8, 4) is 0 Å². The molecule has 0 radical (unpaired) electrons. The standard InChI is InChI=1S/C16H25ClN2/c1-3-9-19-10-7-16(8-11-19)18-13(2)14-5-4-6-15(17)12-14/h4-6,12-13,16,18H,3,7-11H2,1-2H3/t13-/m1/s1. The molecule has 106 valence electrons. The first-order valence-corrected chi connectivity index (χ1v) is 7.80. The van der Waals surface area contributed by atoms with Crippen molar-refractivity contribution in [1.82, 2.24) is 10.2 Å². The summed E-state index contributed by atoms with van der Waals surface area (Å²) in [5.41, 5.74) is 1.28. The summed E-state index contributed by atoms with van der Waals surface area (Å²) < 4.78 is 0. The van der Waals surface area contributed by atoms with Gasteiger partial charge in [-0.1, -0.05) is 30.7 Å². The van der Waals surface area contributed by atoms with Crippen LogP contribution in [-0.4, -0.2) is 30.6 Å². The lowest BCUT2D eigenvalue weighted by Crippen LogP contribution is -2.43. The van der Waals surface area contributed by atoms with E-state index in [2.05, 4.69) is 36.2 Å². The first-order valence-electron chi connectivity index (χ1n) is 7.43. The van der Waals surface area contributed by atoms with Gasteiger partial charge in [-0.3, -0.25) is 0 Å². The van der Waals surface area contributed by atoms with Gasteiger partial charge in [0.2, 0.25) is 0 Å². The first-order chi connectivity index (χ1) is 9.19. The van der Waals surface area contributed by atoms with Gasteiger partial charge in [0.15, 0.2) is 0 Å². The fraction of sp³-hybridized carbons (Fsp3) is 0.625. The first kappa shape index (κ1) is 14.8. The van der Waals surface area contributed by atoms with Crippen molar-refractivity contribution in [2.75, 3.05) is 19.6 Å². The zero-order valence-electron chi connectivity index (χ0n) is 12.0. The molecule has 0 amide bonds. The molecule has 0 spiro atoms. The molecule has 19 heavy (non-hydrogen) atoms. The Morgan fingerprint density at radius 2 is 2.11 bits per heavy atom. The summed E-state index contributed by atoms with van der Waals surface area (Å²) in [6.45, 7) is 8.19. The Morgan fingerprint density at radius 3 is 2.74 bits per heavy atom. The second kappa shape index (κ2) is 7.28. The van der Waals surface area contributed by atoms with Crippen molar-refractivity contribution in [2.24, 2.45) is 0 Å². The smallest absolute Gasteiger partial charge is 0.0409 e. The number of hydrogen-bond donors (Lipinski definition) is 1. The van der Waals surface area contributed by atoms with Crippen LogP contribution in [0.3, 0.4) is 0 Å². The van der Waals surface area contributed by atoms with Gasteiger partial charge in [-0.2, -0.15) is 0 Å². The summed E-state index contributed by atoms with van der Waals surface area (Å²) in [5.74, 6) is 0. The maximum atomic E-state index is 6.05. The zero-order chi connectivity index (χ0) is 13.7. The lowest BCUT2D eigenvalue weighted by Gasteiger charge is -2.33. The summed E-state index contributed by atoms with van der Waals surface area (Å²) >= 11 is 6.05. The molecule has 0 saturated carbocycles. The molecule has 1 heterocycles. The lowest BCUT2D eigenvalue weighted by molar-refractivity contribution is 0.192. The third kappa shape index (κ3) is 4.48. The van der Waals surface area contributed by atoms with Crippen molar-refractivity contribution in [2.45, 2.75) is 45.2 Å². The van der Waals surface area contributed by atoms with Crippen molar-refractivity contribution in [3.05, 3.63) is 34.9 Å². The number of nitrogens with one attached hydrogen (secondary N) is 1. The molecule has 1 aromatic carbocycles. The van der Waals surface area contributed by atoms with E-state index in [-0.39, 0.29) is 0 Å². The maximum absolute atomic E-state index is 6.05. The molecule has 0 aliphatic carbocycles. The van der Waals surface area contributed by atoms with Crippen LogP contribution >= 0.6 is 11.6 Å². The van der Waals surface area contributed by atoms with Crippen LogP contribution in [0.15, 0.2) is 24.3 Å². The molecular formula is C16H25ClN2. The van der Waals surface area contributed by atoms with E-state index in [1.165, 1.54) is 44.5 Å². The average molecular weight is 281 g/mol. The molecule has 0 aromatic heterocycles. The van der Waals surface area contributed by atoms with E-state index in [1.54, 1.807) is 0 Å². The Hall–Kier alpha value is -0.570. The van der Waals surface area contributed by atoms with Crippen LogP contribution in [0.25, 0.3) is 0 Å². The number of halogens is 1. The molecule has 2 nitrogen and oxygen atoms in total. The van der Waals surface area contributed by atoms with Crippen molar-refractivity contribution >= 4 is 11.6 Å². The van der Waals surface area contributed by atoms with E-state index in [4.69, 9.17) is 11.6 Å². The summed E-state index contributed by atoms with van der Waals surface area (Å²) in [7, 11) is 0. The summed E-state index contributed by atoms with van der Waals surface area (Å²) in [6.07, 6.45) is 3.77. The van der Waals surface area contributed by atoms with Crippen molar-refractivity contribution < 1.29 is 0 Å². The molecule has 0 unspecified atom stereocenters. The van der Waals surface area contributed by atoms with E-state index in [1.807, 2.05) is 12.1 Å². The second-order valence-corrected chi connectivity index (χ2v) is 6.00. The second-order valence-electron chi connectivity index (χ2n) is 5.56. The van der Waals surface area contributed by atoms with Gasteiger partial charge < -0.3 is 10.2 Å². The minimum Gasteiger partial charge on any atom is -0.307 e.